The van der Waals surface area contributed by atoms with Gasteiger partial charge in [0.2, 0.25) is 0 Å². The third-order valence-corrected chi connectivity index (χ3v) is 28.3. The Bertz CT molecular complexity index is 7640. The molecule has 0 saturated carbocycles. The molecule has 0 fully saturated rings. The number of para-hydroxylation sites is 2. The molecule has 3 aromatic heterocycles. The van der Waals surface area contributed by atoms with Crippen LogP contribution in [0, 0.1) is 0 Å². The monoisotopic (exact) mass is 1610 g/mol. The number of hydrogen-bond donors (Lipinski definition) is 3. The standard InChI is InChI=1S/C39H29NO.2C39H29NS/c1-39(2)33-16-8-6-13-28(33)29-21-20-27(24-34(29)39)40-35-22-19-26(25-11-4-3-5-12-25)23-32(35)30-15-10-18-37-38(30)31-14-7-9-17-36(31)41-37;1-39(2)33-19-8-6-14-28(33)29-23-22-26(24-34(29)39)40-38-27(25-12-4-3-5-13-25)16-10-18-31(38)30-17-11-21-36-37(30)32-15-7-9-20-35(32)41-36;1-39(2)33-16-8-6-13-28(33)29-22-20-27(24-34(29)39)40-35-23-26(25-11-4-3-5-12-25)19-21-30(35)31-15-10-18-37-38(31)32-14-7-9-17-36(32)41-37/h3*3-24,40H,1-2H3. The highest BCUT2D eigenvalue weighted by Gasteiger charge is 2.38. The van der Waals surface area contributed by atoms with Crippen molar-refractivity contribution in [3.05, 3.63) is 434 Å². The summed E-state index contributed by atoms with van der Waals surface area (Å²) in [5.74, 6) is 0. The molecule has 3 N–H and O–H groups in total. The highest BCUT2D eigenvalue weighted by Crippen LogP contribution is 2.55. The molecule has 0 aliphatic heterocycles. The minimum Gasteiger partial charge on any atom is -0.456 e. The molecule has 0 radical (unpaired) electrons. The first-order valence-electron chi connectivity index (χ1n) is 42.6. The zero-order chi connectivity index (χ0) is 82.7. The molecule has 0 bridgehead atoms. The van der Waals surface area contributed by atoms with Crippen LogP contribution in [-0.4, -0.2) is 0 Å². The number of nitrogens with one attached hydrogen (secondary N) is 3. The summed E-state index contributed by atoms with van der Waals surface area (Å²) in [6.07, 6.45) is 0. The quantitative estimate of drug-likeness (QED) is 0.114. The third-order valence-electron chi connectivity index (χ3n) is 26.1. The van der Waals surface area contributed by atoms with Gasteiger partial charge in [-0.05, 0) is 202 Å². The Morgan fingerprint density at radius 3 is 1.10 bits per heavy atom. The van der Waals surface area contributed by atoms with Crippen molar-refractivity contribution in [3.8, 4) is 100 Å². The van der Waals surface area contributed by atoms with Gasteiger partial charge in [0.15, 0.2) is 0 Å². The van der Waals surface area contributed by atoms with E-state index in [2.05, 4.69) is 446 Å². The fourth-order valence-corrected chi connectivity index (χ4v) is 22.2. The van der Waals surface area contributed by atoms with Gasteiger partial charge < -0.3 is 20.4 Å². The maximum atomic E-state index is 6.27. The number of rotatable bonds is 12. The van der Waals surface area contributed by atoms with Crippen molar-refractivity contribution in [2.45, 2.75) is 57.8 Å². The van der Waals surface area contributed by atoms with E-state index < -0.39 is 0 Å². The van der Waals surface area contributed by atoms with Gasteiger partial charge in [-0.25, -0.2) is 0 Å². The maximum absolute atomic E-state index is 6.27. The van der Waals surface area contributed by atoms with Crippen LogP contribution in [0.25, 0.3) is 162 Å². The van der Waals surface area contributed by atoms with Crippen LogP contribution in [-0.2, 0) is 16.2 Å². The second-order valence-electron chi connectivity index (χ2n) is 34.3. The van der Waals surface area contributed by atoms with E-state index in [-0.39, 0.29) is 16.2 Å². The minimum atomic E-state index is -0.0507. The molecule has 24 rings (SSSR count). The van der Waals surface area contributed by atoms with Crippen LogP contribution in [0.15, 0.2) is 405 Å². The topological polar surface area (TPSA) is 49.2 Å². The molecule has 4 nitrogen and oxygen atoms in total. The fourth-order valence-electron chi connectivity index (χ4n) is 19.9. The van der Waals surface area contributed by atoms with E-state index in [1.807, 2.05) is 34.8 Å². The van der Waals surface area contributed by atoms with Gasteiger partial charge in [-0.15, -0.1) is 22.7 Å². The van der Waals surface area contributed by atoms with E-state index >= 15 is 0 Å². The Hall–Kier alpha value is -14.4. The maximum Gasteiger partial charge on any atom is 0.136 e. The predicted molar refractivity (Wildman–Crippen MR) is 527 cm³/mol. The number of hydrogen-bond acceptors (Lipinski definition) is 6. The van der Waals surface area contributed by atoms with Crippen LogP contribution in [0.2, 0.25) is 0 Å². The van der Waals surface area contributed by atoms with Gasteiger partial charge in [-0.1, -0.05) is 351 Å². The summed E-state index contributed by atoms with van der Waals surface area (Å²) in [6, 6.07) is 145. The summed E-state index contributed by atoms with van der Waals surface area (Å²) in [7, 11) is 0. The molecule has 18 aromatic carbocycles. The number of thiophene rings is 2. The zero-order valence-corrected chi connectivity index (χ0v) is 71.0. The summed E-state index contributed by atoms with van der Waals surface area (Å²) in [5.41, 5.74) is 39.0. The number of fused-ring (bicyclic) bond motifs is 18. The van der Waals surface area contributed by atoms with E-state index in [9.17, 15) is 0 Å². The predicted octanol–water partition coefficient (Wildman–Crippen LogP) is 33.8. The summed E-state index contributed by atoms with van der Waals surface area (Å²) < 4.78 is 11.6. The average molecular weight is 1620 g/mol. The third kappa shape index (κ3) is 12.9. The van der Waals surface area contributed by atoms with Crippen LogP contribution in [0.3, 0.4) is 0 Å². The van der Waals surface area contributed by atoms with Crippen LogP contribution in [0.4, 0.5) is 34.1 Å². The van der Waals surface area contributed by atoms with Gasteiger partial charge in [0.25, 0.3) is 0 Å². The fraction of sp³-hybridized carbons (Fsp3) is 0.0769. The smallest absolute Gasteiger partial charge is 0.136 e. The molecular weight excluding hydrogens is 1530 g/mol. The Morgan fingerprint density at radius 1 is 0.203 bits per heavy atom. The summed E-state index contributed by atoms with van der Waals surface area (Å²) in [6.45, 7) is 14.0. The van der Waals surface area contributed by atoms with Crippen molar-refractivity contribution in [2.75, 3.05) is 16.0 Å². The molecule has 3 heterocycles. The van der Waals surface area contributed by atoms with Crippen molar-refractivity contribution >= 4 is 119 Å². The molecule has 3 aliphatic rings. The molecule has 3 aliphatic carbocycles. The second-order valence-corrected chi connectivity index (χ2v) is 36.5. The van der Waals surface area contributed by atoms with Crippen molar-refractivity contribution in [3.63, 3.8) is 0 Å². The summed E-state index contributed by atoms with van der Waals surface area (Å²) in [5, 5.41) is 19.2. The van der Waals surface area contributed by atoms with Crippen molar-refractivity contribution < 1.29 is 4.42 Å². The first kappa shape index (κ1) is 74.9. The normalized spacial score (nSPS) is 13.3. The number of anilines is 6. The van der Waals surface area contributed by atoms with Gasteiger partial charge in [0.1, 0.15) is 11.2 Å². The molecule has 21 aromatic rings. The molecule has 0 amide bonds. The molecule has 0 unspecified atom stereocenters. The largest absolute Gasteiger partial charge is 0.456 e. The number of benzene rings is 18. The van der Waals surface area contributed by atoms with Gasteiger partial charge in [0, 0.05) is 118 Å². The van der Waals surface area contributed by atoms with Crippen LogP contribution in [0.1, 0.15) is 74.9 Å². The first-order chi connectivity index (χ1) is 60.2. The lowest BCUT2D eigenvalue weighted by molar-refractivity contribution is 0.660. The number of furan rings is 1. The minimum absolute atomic E-state index is 0.0421. The summed E-state index contributed by atoms with van der Waals surface area (Å²) >= 11 is 3.73. The Kier molecular flexibility index (Phi) is 18.3. The van der Waals surface area contributed by atoms with Crippen LogP contribution in [0.5, 0.6) is 0 Å². The first-order valence-corrected chi connectivity index (χ1v) is 44.2. The Balaban J connectivity index is 0.000000110. The summed E-state index contributed by atoms with van der Waals surface area (Å²) in [4.78, 5) is 0. The highest BCUT2D eigenvalue weighted by molar-refractivity contribution is 7.26. The van der Waals surface area contributed by atoms with E-state index in [0.29, 0.717) is 0 Å². The van der Waals surface area contributed by atoms with Crippen LogP contribution < -0.4 is 16.0 Å². The Morgan fingerprint density at radius 2 is 0.561 bits per heavy atom. The lowest BCUT2D eigenvalue weighted by atomic mass is 9.82. The van der Waals surface area contributed by atoms with E-state index in [4.69, 9.17) is 4.42 Å². The van der Waals surface area contributed by atoms with Crippen molar-refractivity contribution in [2.24, 2.45) is 0 Å². The molecule has 0 atom stereocenters. The molecular formula is C117H87N3OS2. The molecule has 588 valence electrons. The van der Waals surface area contributed by atoms with Gasteiger partial charge in [-0.2, -0.15) is 0 Å². The second kappa shape index (κ2) is 30.1. The lowest BCUT2D eigenvalue weighted by Crippen LogP contribution is -2.15. The van der Waals surface area contributed by atoms with E-state index in [1.165, 1.54) is 163 Å². The molecule has 0 spiro atoms. The van der Waals surface area contributed by atoms with Gasteiger partial charge in [-0.3, -0.25) is 0 Å². The average Bonchev–Trinajstić information content (AvgIpc) is 1.45. The lowest BCUT2D eigenvalue weighted by Gasteiger charge is -2.23. The van der Waals surface area contributed by atoms with Gasteiger partial charge >= 0.3 is 0 Å². The highest BCUT2D eigenvalue weighted by atomic mass is 32.1. The van der Waals surface area contributed by atoms with Crippen molar-refractivity contribution in [1.82, 2.24) is 0 Å². The van der Waals surface area contributed by atoms with Crippen LogP contribution >= 0.6 is 22.7 Å². The van der Waals surface area contributed by atoms with Crippen molar-refractivity contribution in [1.29, 1.82) is 0 Å². The molecule has 0 saturated heterocycles. The molecule has 6 heteroatoms. The van der Waals surface area contributed by atoms with E-state index in [1.54, 1.807) is 0 Å². The zero-order valence-electron chi connectivity index (χ0n) is 69.3. The SMILES string of the molecule is CC1(C)c2ccccc2-c2ccc(Nc3c(-c4ccccc4)cccc3-c3cccc4sc5ccccc5c34)cc21.CC1(C)c2ccccc2-c2ccc(Nc3cc(-c4ccccc4)ccc3-c3cccc4sc5ccccc5c34)cc21.CC1(C)c2ccccc2-c2ccc(Nc3ccc(-c4ccccc4)cc3-c3cccc4oc5ccccc5c34)cc21. The van der Waals surface area contributed by atoms with E-state index in [0.717, 1.165) is 67.2 Å². The molecule has 123 heavy (non-hydrogen) atoms. The van der Waals surface area contributed by atoms with Gasteiger partial charge in [0.05, 0.1) is 5.69 Å². The Labute approximate surface area is 725 Å².